The van der Waals surface area contributed by atoms with Gasteiger partial charge in [-0.2, -0.15) is 36.4 Å². The molecule has 2 aromatic carbocycles. The van der Waals surface area contributed by atoms with E-state index in [2.05, 4.69) is 20.7 Å². The van der Waals surface area contributed by atoms with Crippen molar-refractivity contribution in [1.82, 2.24) is 15.1 Å². The minimum absolute atomic E-state index is 0.0570. The maximum atomic E-state index is 13.8. The van der Waals surface area contributed by atoms with E-state index in [9.17, 15) is 40.6 Å². The molecule has 0 saturated heterocycles. The average Bonchev–Trinajstić information content (AvgIpc) is 3.08. The van der Waals surface area contributed by atoms with Gasteiger partial charge in [0, 0.05) is 21.8 Å². The second-order valence-corrected chi connectivity index (χ2v) is 7.95. The minimum Gasteiger partial charge on any atom is -0.394 e. The van der Waals surface area contributed by atoms with Crippen molar-refractivity contribution in [2.75, 3.05) is 11.9 Å². The summed E-state index contributed by atoms with van der Waals surface area (Å²) in [6.07, 6.45) is -9.50. The molecule has 0 aliphatic heterocycles. The number of carbonyl (C=O) groups is 1. The van der Waals surface area contributed by atoms with Gasteiger partial charge in [0.25, 0.3) is 5.91 Å². The Kier molecular flexibility index (Phi) is 8.12. The number of benzene rings is 2. The Morgan fingerprint density at radius 2 is 1.73 bits per heavy atom. The lowest BCUT2D eigenvalue weighted by Gasteiger charge is -2.13. The zero-order chi connectivity index (χ0) is 27.5. The topological polar surface area (TPSA) is 91.5 Å². The summed E-state index contributed by atoms with van der Waals surface area (Å²) >= 11 is 5.83. The summed E-state index contributed by atoms with van der Waals surface area (Å²) in [6, 6.07) is 6.26. The molecule has 0 radical (unpaired) electrons. The molecule has 15 heteroatoms. The highest BCUT2D eigenvalue weighted by Crippen LogP contribution is 2.35. The summed E-state index contributed by atoms with van der Waals surface area (Å²) in [5.41, 5.74) is -3.04. The molecule has 0 fully saturated rings. The van der Waals surface area contributed by atoms with Crippen LogP contribution >= 0.6 is 11.6 Å². The van der Waals surface area contributed by atoms with Crippen LogP contribution < -0.4 is 10.6 Å². The van der Waals surface area contributed by atoms with Crippen molar-refractivity contribution in [1.29, 1.82) is 0 Å². The number of nitrogens with zero attached hydrogens (tertiary/aromatic N) is 3. The lowest BCUT2D eigenvalue weighted by molar-refractivity contribution is -0.142. The highest BCUT2D eigenvalue weighted by molar-refractivity contribution is 6.31. The maximum absolute atomic E-state index is 13.8. The average molecular weight is 552 g/mol. The molecule has 1 amide bonds. The molecule has 0 atom stereocenters. The highest BCUT2D eigenvalue weighted by Gasteiger charge is 2.38. The van der Waals surface area contributed by atoms with Gasteiger partial charge >= 0.3 is 12.4 Å². The van der Waals surface area contributed by atoms with Crippen molar-refractivity contribution in [3.8, 4) is 0 Å². The first-order valence-corrected chi connectivity index (χ1v) is 10.6. The summed E-state index contributed by atoms with van der Waals surface area (Å²) in [5.74, 6) is -2.70. The second kappa shape index (κ2) is 10.8. The maximum Gasteiger partial charge on any atom is 0.435 e. The van der Waals surface area contributed by atoms with Gasteiger partial charge in [0.05, 0.1) is 18.7 Å². The molecular formula is C22H17ClF7N5O2. The van der Waals surface area contributed by atoms with E-state index < -0.39 is 59.3 Å². The number of hydrogen-bond donors (Lipinski definition) is 3. The number of aliphatic hydroxyl groups excluding tert-OH is 1. The van der Waals surface area contributed by atoms with E-state index in [-0.39, 0.29) is 22.8 Å². The number of hydrogen-bond acceptors (Lipinski definition) is 4. The Hall–Kier alpha value is -3.65. The molecule has 3 aromatic rings. The number of aliphatic imine (C=N–C) groups is 1. The Balaban J connectivity index is 2.05. The number of halogens is 8. The van der Waals surface area contributed by atoms with Gasteiger partial charge in [-0.05, 0) is 49.4 Å². The van der Waals surface area contributed by atoms with Crippen molar-refractivity contribution >= 4 is 35.0 Å². The molecular weight excluding hydrogens is 535 g/mol. The Bertz CT molecular complexity index is 1300. The number of guanidine groups is 1. The van der Waals surface area contributed by atoms with Crippen LogP contribution in [0.5, 0.6) is 0 Å². The molecule has 0 bridgehead atoms. The zero-order valence-electron chi connectivity index (χ0n) is 18.7. The highest BCUT2D eigenvalue weighted by atomic mass is 35.5. The Morgan fingerprint density at radius 1 is 1.08 bits per heavy atom. The van der Waals surface area contributed by atoms with Gasteiger partial charge in [-0.15, -0.1) is 0 Å². The lowest BCUT2D eigenvalue weighted by Crippen LogP contribution is -2.36. The monoisotopic (exact) mass is 551 g/mol. The molecule has 37 heavy (non-hydrogen) atoms. The number of rotatable bonds is 5. The third-order valence-corrected chi connectivity index (χ3v) is 5.00. The number of anilines is 1. The van der Waals surface area contributed by atoms with Crippen LogP contribution in [0.4, 0.5) is 42.2 Å². The number of carbonyl (C=O) groups excluding carboxylic acids is 1. The van der Waals surface area contributed by atoms with Crippen LogP contribution in [-0.2, 0) is 18.9 Å². The first kappa shape index (κ1) is 27.9. The van der Waals surface area contributed by atoms with Crippen LogP contribution in [0, 0.1) is 12.7 Å². The number of aromatic nitrogens is 2. The number of aliphatic hydroxyl groups is 1. The first-order valence-electron chi connectivity index (χ1n) is 10.2. The van der Waals surface area contributed by atoms with Crippen LogP contribution in [0.1, 0.15) is 27.2 Å². The summed E-state index contributed by atoms with van der Waals surface area (Å²) in [6.45, 7) is 0.0830. The van der Waals surface area contributed by atoms with Gasteiger partial charge in [0.15, 0.2) is 11.5 Å². The predicted molar refractivity (Wildman–Crippen MR) is 120 cm³/mol. The minimum atomic E-state index is -4.86. The fraction of sp³-hybridized carbons (Fsp3) is 0.227. The lowest BCUT2D eigenvalue weighted by atomic mass is 10.1. The van der Waals surface area contributed by atoms with E-state index in [1.165, 1.54) is 6.07 Å². The van der Waals surface area contributed by atoms with Gasteiger partial charge in [-0.25, -0.2) is 9.07 Å². The van der Waals surface area contributed by atoms with Crippen LogP contribution in [0.2, 0.25) is 5.02 Å². The molecule has 3 N–H and O–H groups in total. The zero-order valence-corrected chi connectivity index (χ0v) is 19.4. The fourth-order valence-corrected chi connectivity index (χ4v) is 3.37. The van der Waals surface area contributed by atoms with E-state index >= 15 is 0 Å². The smallest absolute Gasteiger partial charge is 0.394 e. The Morgan fingerprint density at radius 3 is 2.27 bits per heavy atom. The number of nitrogens with one attached hydrogen (secondary N) is 2. The van der Waals surface area contributed by atoms with Crippen molar-refractivity contribution in [2.45, 2.75) is 25.8 Å². The van der Waals surface area contributed by atoms with E-state index in [1.54, 1.807) is 0 Å². The van der Waals surface area contributed by atoms with Crippen LogP contribution in [0.25, 0.3) is 0 Å². The SMILES string of the molecule is Cc1c(C(F)(F)F)nn(CCO)c1N=C(NC(=O)c1ccc(C(F)(F)F)cc1)Nc1cc(F)cc(Cl)c1. The molecule has 3 rings (SSSR count). The molecule has 1 heterocycles. The van der Waals surface area contributed by atoms with E-state index in [0.717, 1.165) is 35.9 Å². The van der Waals surface area contributed by atoms with Crippen molar-refractivity contribution < 1.29 is 40.6 Å². The number of alkyl halides is 6. The standard InChI is InChI=1S/C22H17ClF7N5O2/c1-11-17(22(28,29)30)34-35(6-7-36)18(11)32-20(31-16-9-14(23)8-15(24)10-16)33-19(37)12-2-4-13(5-3-12)21(25,26)27/h2-5,8-10,36H,6-7H2,1H3,(H2,31,32,33,37). The van der Waals surface area contributed by atoms with Gasteiger partial charge in [0.2, 0.25) is 5.96 Å². The largest absolute Gasteiger partial charge is 0.435 e. The van der Waals surface area contributed by atoms with Gasteiger partial charge in [-0.1, -0.05) is 11.6 Å². The van der Waals surface area contributed by atoms with Crippen molar-refractivity contribution in [3.05, 3.63) is 75.7 Å². The normalized spacial score (nSPS) is 12.5. The van der Waals surface area contributed by atoms with E-state index in [1.807, 2.05) is 0 Å². The molecule has 0 spiro atoms. The molecule has 198 valence electrons. The quantitative estimate of drug-likeness (QED) is 0.220. The van der Waals surface area contributed by atoms with E-state index in [0.29, 0.717) is 12.1 Å². The molecule has 0 aliphatic rings. The predicted octanol–water partition coefficient (Wildman–Crippen LogP) is 5.54. The van der Waals surface area contributed by atoms with Gasteiger partial charge in [-0.3, -0.25) is 10.1 Å². The van der Waals surface area contributed by atoms with Crippen LogP contribution in [-0.4, -0.2) is 33.4 Å². The van der Waals surface area contributed by atoms with Gasteiger partial charge in [0.1, 0.15) is 5.82 Å². The van der Waals surface area contributed by atoms with Gasteiger partial charge < -0.3 is 10.4 Å². The molecule has 0 saturated carbocycles. The first-order chi connectivity index (χ1) is 17.2. The van der Waals surface area contributed by atoms with Crippen molar-refractivity contribution in [3.63, 3.8) is 0 Å². The molecule has 1 aromatic heterocycles. The summed E-state index contributed by atoms with van der Waals surface area (Å²) < 4.78 is 93.2. The summed E-state index contributed by atoms with van der Waals surface area (Å²) in [4.78, 5) is 16.7. The molecule has 0 aliphatic carbocycles. The van der Waals surface area contributed by atoms with Crippen LogP contribution in [0.15, 0.2) is 47.5 Å². The Labute approximate surface area is 209 Å². The van der Waals surface area contributed by atoms with Crippen LogP contribution in [0.3, 0.4) is 0 Å². The van der Waals surface area contributed by atoms with E-state index in [4.69, 9.17) is 11.6 Å². The number of amides is 1. The third-order valence-electron chi connectivity index (χ3n) is 4.79. The molecule has 7 nitrogen and oxygen atoms in total. The fourth-order valence-electron chi connectivity index (χ4n) is 3.15. The molecule has 0 unspecified atom stereocenters. The second-order valence-electron chi connectivity index (χ2n) is 7.51. The van der Waals surface area contributed by atoms with Crippen molar-refractivity contribution in [2.24, 2.45) is 4.99 Å². The third kappa shape index (κ3) is 6.98. The summed E-state index contributed by atoms with van der Waals surface area (Å²) in [5, 5.41) is 17.4. The summed E-state index contributed by atoms with van der Waals surface area (Å²) in [7, 11) is 0.